The highest BCUT2D eigenvalue weighted by atomic mass is 32.2. The SMILES string of the molecule is COCCN(Cc1ccco1)C(=O)CSc1cc(C)ccc1C. The van der Waals surface area contributed by atoms with Gasteiger partial charge < -0.3 is 14.1 Å². The van der Waals surface area contributed by atoms with Gasteiger partial charge in [-0.25, -0.2) is 0 Å². The summed E-state index contributed by atoms with van der Waals surface area (Å²) in [4.78, 5) is 15.5. The zero-order valence-electron chi connectivity index (χ0n) is 13.9. The minimum absolute atomic E-state index is 0.0874. The van der Waals surface area contributed by atoms with E-state index in [-0.39, 0.29) is 5.91 Å². The van der Waals surface area contributed by atoms with Gasteiger partial charge >= 0.3 is 0 Å². The average molecular weight is 333 g/mol. The second-order valence-corrected chi connectivity index (χ2v) is 6.46. The van der Waals surface area contributed by atoms with E-state index in [0.29, 0.717) is 25.4 Å². The molecule has 124 valence electrons. The Labute approximate surface area is 141 Å². The number of thioether (sulfide) groups is 1. The third-order valence-electron chi connectivity index (χ3n) is 3.54. The number of carbonyl (C=O) groups excluding carboxylic acids is 1. The zero-order valence-corrected chi connectivity index (χ0v) is 14.7. The Kier molecular flexibility index (Phi) is 6.74. The maximum atomic E-state index is 12.6. The number of aryl methyl sites for hydroxylation is 2. The smallest absolute Gasteiger partial charge is 0.233 e. The topological polar surface area (TPSA) is 42.7 Å². The van der Waals surface area contributed by atoms with Crippen molar-refractivity contribution in [1.29, 1.82) is 0 Å². The van der Waals surface area contributed by atoms with Gasteiger partial charge in [0.25, 0.3) is 0 Å². The van der Waals surface area contributed by atoms with Crippen LogP contribution in [0.2, 0.25) is 0 Å². The van der Waals surface area contributed by atoms with Gasteiger partial charge in [0.1, 0.15) is 5.76 Å². The normalized spacial score (nSPS) is 10.7. The molecule has 23 heavy (non-hydrogen) atoms. The molecule has 2 rings (SSSR count). The minimum atomic E-state index is 0.0874. The monoisotopic (exact) mass is 333 g/mol. The first kappa shape index (κ1) is 17.6. The van der Waals surface area contributed by atoms with Gasteiger partial charge in [-0.15, -0.1) is 11.8 Å². The van der Waals surface area contributed by atoms with Crippen molar-refractivity contribution < 1.29 is 13.9 Å². The largest absolute Gasteiger partial charge is 0.467 e. The van der Waals surface area contributed by atoms with Crippen LogP contribution >= 0.6 is 11.8 Å². The van der Waals surface area contributed by atoms with E-state index in [0.717, 1.165) is 10.7 Å². The number of rotatable bonds is 8. The maximum absolute atomic E-state index is 12.6. The Morgan fingerprint density at radius 3 is 2.83 bits per heavy atom. The van der Waals surface area contributed by atoms with Crippen molar-refractivity contribution in [2.45, 2.75) is 25.3 Å². The first-order valence-corrected chi connectivity index (χ1v) is 8.58. The van der Waals surface area contributed by atoms with Gasteiger partial charge in [-0.3, -0.25) is 4.79 Å². The van der Waals surface area contributed by atoms with Crippen molar-refractivity contribution in [3.8, 4) is 0 Å². The molecule has 0 radical (unpaired) electrons. The Balaban J connectivity index is 1.97. The Bertz CT molecular complexity index is 625. The predicted octanol–water partition coefficient (Wildman–Crippen LogP) is 3.66. The molecule has 1 amide bonds. The molecule has 0 atom stereocenters. The number of hydrogen-bond donors (Lipinski definition) is 0. The molecule has 0 aliphatic rings. The van der Waals surface area contributed by atoms with E-state index < -0.39 is 0 Å². The highest BCUT2D eigenvalue weighted by Crippen LogP contribution is 2.24. The highest BCUT2D eigenvalue weighted by Gasteiger charge is 2.16. The van der Waals surface area contributed by atoms with Gasteiger partial charge in [0.15, 0.2) is 0 Å². The number of benzene rings is 1. The summed E-state index contributed by atoms with van der Waals surface area (Å²) in [5.74, 6) is 1.28. The van der Waals surface area contributed by atoms with Crippen LogP contribution in [0.5, 0.6) is 0 Å². The molecule has 0 unspecified atom stereocenters. The number of hydrogen-bond acceptors (Lipinski definition) is 4. The first-order valence-electron chi connectivity index (χ1n) is 7.59. The van der Waals surface area contributed by atoms with E-state index in [1.54, 1.807) is 30.0 Å². The Hall–Kier alpha value is -1.72. The molecular weight excluding hydrogens is 310 g/mol. The highest BCUT2D eigenvalue weighted by molar-refractivity contribution is 8.00. The van der Waals surface area contributed by atoms with Crippen molar-refractivity contribution in [3.63, 3.8) is 0 Å². The molecule has 0 spiro atoms. The summed E-state index contributed by atoms with van der Waals surface area (Å²) >= 11 is 1.58. The average Bonchev–Trinajstić information content (AvgIpc) is 3.05. The number of nitrogens with zero attached hydrogens (tertiary/aromatic N) is 1. The van der Waals surface area contributed by atoms with Crippen LogP contribution < -0.4 is 0 Å². The number of ether oxygens (including phenoxy) is 1. The van der Waals surface area contributed by atoms with Gasteiger partial charge in [0, 0.05) is 18.6 Å². The van der Waals surface area contributed by atoms with Crippen molar-refractivity contribution in [1.82, 2.24) is 4.90 Å². The molecule has 0 fully saturated rings. The lowest BCUT2D eigenvalue weighted by Gasteiger charge is -2.21. The number of methoxy groups -OCH3 is 1. The zero-order chi connectivity index (χ0) is 16.7. The van der Waals surface area contributed by atoms with Gasteiger partial charge in [0.2, 0.25) is 5.91 Å². The lowest BCUT2D eigenvalue weighted by molar-refractivity contribution is -0.129. The molecule has 1 heterocycles. The molecule has 0 aliphatic heterocycles. The fourth-order valence-corrected chi connectivity index (χ4v) is 3.20. The van der Waals surface area contributed by atoms with Crippen LogP contribution in [0.25, 0.3) is 0 Å². The molecule has 2 aromatic rings. The Morgan fingerprint density at radius 2 is 2.13 bits per heavy atom. The van der Waals surface area contributed by atoms with Crippen LogP contribution in [0, 0.1) is 13.8 Å². The molecule has 1 aromatic carbocycles. The van der Waals surface area contributed by atoms with Crippen molar-refractivity contribution in [2.75, 3.05) is 26.0 Å². The Morgan fingerprint density at radius 1 is 1.30 bits per heavy atom. The number of carbonyl (C=O) groups is 1. The summed E-state index contributed by atoms with van der Waals surface area (Å²) in [5.41, 5.74) is 2.40. The molecular formula is C18H23NO3S. The van der Waals surface area contributed by atoms with Crippen LogP contribution in [0.3, 0.4) is 0 Å². The van der Waals surface area contributed by atoms with Crippen molar-refractivity contribution >= 4 is 17.7 Å². The second kappa shape index (κ2) is 8.79. The summed E-state index contributed by atoms with van der Waals surface area (Å²) in [7, 11) is 1.64. The minimum Gasteiger partial charge on any atom is -0.467 e. The molecule has 4 nitrogen and oxygen atoms in total. The van der Waals surface area contributed by atoms with Crippen molar-refractivity contribution in [3.05, 3.63) is 53.5 Å². The quantitative estimate of drug-likeness (QED) is 0.691. The molecule has 5 heteroatoms. The standard InChI is InChI=1S/C18H23NO3S/c1-14-6-7-15(2)17(11-14)23-13-18(20)19(8-10-21-3)12-16-5-4-9-22-16/h4-7,9,11H,8,10,12-13H2,1-3H3. The van der Waals surface area contributed by atoms with E-state index in [4.69, 9.17) is 9.15 Å². The maximum Gasteiger partial charge on any atom is 0.233 e. The van der Waals surface area contributed by atoms with Crippen LogP contribution in [-0.2, 0) is 16.1 Å². The van der Waals surface area contributed by atoms with Gasteiger partial charge in [0.05, 0.1) is 25.2 Å². The van der Waals surface area contributed by atoms with Crippen LogP contribution in [0.15, 0.2) is 45.9 Å². The van der Waals surface area contributed by atoms with Crippen LogP contribution in [0.4, 0.5) is 0 Å². The van der Waals surface area contributed by atoms with Crippen LogP contribution in [-0.4, -0.2) is 36.8 Å². The van der Waals surface area contributed by atoms with Gasteiger partial charge in [-0.1, -0.05) is 17.7 Å². The summed E-state index contributed by atoms with van der Waals surface area (Å²) in [6, 6.07) is 10.0. The fraction of sp³-hybridized carbons (Fsp3) is 0.389. The van der Waals surface area contributed by atoms with Crippen LogP contribution in [0.1, 0.15) is 16.9 Å². The third-order valence-corrected chi connectivity index (χ3v) is 4.68. The van der Waals surface area contributed by atoms with E-state index in [9.17, 15) is 4.79 Å². The van der Waals surface area contributed by atoms with E-state index in [1.165, 1.54) is 11.1 Å². The number of amides is 1. The first-order chi connectivity index (χ1) is 11.1. The molecule has 0 saturated heterocycles. The summed E-state index contributed by atoms with van der Waals surface area (Å²) < 4.78 is 10.5. The molecule has 0 bridgehead atoms. The van der Waals surface area contributed by atoms with Gasteiger partial charge in [-0.2, -0.15) is 0 Å². The predicted molar refractivity (Wildman–Crippen MR) is 92.6 cm³/mol. The van der Waals surface area contributed by atoms with E-state index in [1.807, 2.05) is 12.1 Å². The molecule has 1 aromatic heterocycles. The van der Waals surface area contributed by atoms with Crippen molar-refractivity contribution in [2.24, 2.45) is 0 Å². The van der Waals surface area contributed by atoms with E-state index >= 15 is 0 Å². The molecule has 0 aliphatic carbocycles. The summed E-state index contributed by atoms with van der Waals surface area (Å²) in [6.45, 7) is 5.68. The molecule has 0 saturated carbocycles. The van der Waals surface area contributed by atoms with Gasteiger partial charge in [-0.05, 0) is 37.6 Å². The summed E-state index contributed by atoms with van der Waals surface area (Å²) in [5, 5.41) is 0. The lowest BCUT2D eigenvalue weighted by Crippen LogP contribution is -2.34. The lowest BCUT2D eigenvalue weighted by atomic mass is 10.2. The second-order valence-electron chi connectivity index (χ2n) is 5.45. The molecule has 0 N–H and O–H groups in total. The van der Waals surface area contributed by atoms with E-state index in [2.05, 4.69) is 32.0 Å². The third kappa shape index (κ3) is 5.44. The number of furan rings is 1. The fourth-order valence-electron chi connectivity index (χ4n) is 2.18. The summed E-state index contributed by atoms with van der Waals surface area (Å²) in [6.07, 6.45) is 1.62.